The van der Waals surface area contributed by atoms with Crippen molar-refractivity contribution >= 4 is 27.8 Å². The summed E-state index contributed by atoms with van der Waals surface area (Å²) in [5.41, 5.74) is 1.04. The number of carbonyl (C=O) groups excluding carboxylic acids is 1. The van der Waals surface area contributed by atoms with Gasteiger partial charge in [-0.2, -0.15) is 0 Å². The molecule has 0 aliphatic carbocycles. The van der Waals surface area contributed by atoms with Gasteiger partial charge in [0.1, 0.15) is 5.75 Å². The van der Waals surface area contributed by atoms with Crippen LogP contribution in [0, 0.1) is 5.92 Å². The van der Waals surface area contributed by atoms with Crippen LogP contribution >= 0.6 is 15.9 Å². The maximum atomic E-state index is 12.3. The Morgan fingerprint density at radius 1 is 1.45 bits per heavy atom. The highest BCUT2D eigenvalue weighted by Crippen LogP contribution is 2.27. The minimum atomic E-state index is -0.818. The monoisotopic (exact) mass is 369 g/mol. The highest BCUT2D eigenvalue weighted by Gasteiger charge is 2.37. The van der Waals surface area contributed by atoms with Crippen molar-refractivity contribution in [3.8, 4) is 5.75 Å². The van der Waals surface area contributed by atoms with Crippen LogP contribution in [0.25, 0.3) is 0 Å². The third-order valence-corrected chi connectivity index (χ3v) is 4.86. The van der Waals surface area contributed by atoms with Crippen LogP contribution in [0.4, 0.5) is 0 Å². The molecule has 0 spiro atoms. The first-order valence-corrected chi connectivity index (χ1v) is 8.08. The van der Waals surface area contributed by atoms with Gasteiger partial charge in [0.25, 0.3) is 0 Å². The lowest BCUT2D eigenvalue weighted by molar-refractivity contribution is -0.143. The molecule has 5 nitrogen and oxygen atoms in total. The van der Waals surface area contributed by atoms with Gasteiger partial charge in [-0.15, -0.1) is 0 Å². The fourth-order valence-corrected chi connectivity index (χ4v) is 3.47. The molecular weight excluding hydrogens is 350 g/mol. The first-order valence-electron chi connectivity index (χ1n) is 7.28. The molecular formula is C16H20BrNO4. The van der Waals surface area contributed by atoms with Gasteiger partial charge in [0.15, 0.2) is 0 Å². The molecule has 22 heavy (non-hydrogen) atoms. The van der Waals surface area contributed by atoms with Crippen LogP contribution < -0.4 is 4.74 Å². The van der Waals surface area contributed by atoms with Crippen molar-refractivity contribution in [3.05, 3.63) is 28.2 Å². The molecule has 1 amide bonds. The first kappa shape index (κ1) is 16.8. The Morgan fingerprint density at radius 3 is 2.73 bits per heavy atom. The van der Waals surface area contributed by atoms with E-state index in [1.165, 1.54) is 0 Å². The van der Waals surface area contributed by atoms with Crippen LogP contribution in [-0.2, 0) is 16.0 Å². The number of carboxylic acids is 1. The number of aliphatic carboxylic acids is 1. The van der Waals surface area contributed by atoms with E-state index < -0.39 is 11.9 Å². The number of hydrogen-bond acceptors (Lipinski definition) is 3. The maximum absolute atomic E-state index is 12.3. The summed E-state index contributed by atoms with van der Waals surface area (Å²) in [6, 6.07) is 5.51. The van der Waals surface area contributed by atoms with E-state index in [1.54, 1.807) is 12.0 Å². The molecule has 0 aromatic heterocycles. The van der Waals surface area contributed by atoms with Crippen LogP contribution in [0.3, 0.4) is 0 Å². The number of rotatable bonds is 5. The zero-order chi connectivity index (χ0) is 16.3. The second-order valence-corrected chi connectivity index (χ2v) is 6.38. The fraction of sp³-hybridized carbons (Fsp3) is 0.500. The van der Waals surface area contributed by atoms with Crippen LogP contribution in [0.2, 0.25) is 0 Å². The molecule has 1 N–H and O–H groups in total. The third-order valence-electron chi connectivity index (χ3n) is 4.24. The Kier molecular flexibility index (Phi) is 5.45. The summed E-state index contributed by atoms with van der Waals surface area (Å²) in [7, 11) is 1.61. The number of aryl methyl sites for hydroxylation is 1. The predicted molar refractivity (Wildman–Crippen MR) is 85.9 cm³/mol. The Labute approximate surface area is 138 Å². The summed E-state index contributed by atoms with van der Waals surface area (Å²) in [5.74, 6) is -0.489. The number of likely N-dealkylation sites (tertiary alicyclic amines) is 1. The molecule has 0 bridgehead atoms. The normalized spacial score (nSPS) is 21.0. The Bertz CT molecular complexity index is 575. The molecule has 1 aliphatic heterocycles. The lowest BCUT2D eigenvalue weighted by Gasteiger charge is -2.23. The van der Waals surface area contributed by atoms with E-state index in [9.17, 15) is 9.59 Å². The second-order valence-electron chi connectivity index (χ2n) is 5.53. The molecule has 1 saturated heterocycles. The van der Waals surface area contributed by atoms with Gasteiger partial charge in [0.2, 0.25) is 5.91 Å². The van der Waals surface area contributed by atoms with Crippen LogP contribution in [0.5, 0.6) is 5.75 Å². The Morgan fingerprint density at radius 2 is 2.18 bits per heavy atom. The van der Waals surface area contributed by atoms with E-state index in [2.05, 4.69) is 15.9 Å². The lowest BCUT2D eigenvalue weighted by atomic mass is 10.0. The van der Waals surface area contributed by atoms with Crippen LogP contribution in [0.15, 0.2) is 22.7 Å². The molecule has 120 valence electrons. The highest BCUT2D eigenvalue weighted by atomic mass is 79.9. The number of methoxy groups -OCH3 is 1. The predicted octanol–water partition coefficient (Wildman–Crippen LogP) is 2.71. The van der Waals surface area contributed by atoms with E-state index in [-0.39, 0.29) is 11.9 Å². The van der Waals surface area contributed by atoms with E-state index in [0.717, 1.165) is 15.8 Å². The average Bonchev–Trinajstić information content (AvgIpc) is 2.87. The third kappa shape index (κ3) is 3.61. The quantitative estimate of drug-likeness (QED) is 0.866. The number of carbonyl (C=O) groups is 2. The average molecular weight is 370 g/mol. The zero-order valence-corrected chi connectivity index (χ0v) is 14.3. The minimum absolute atomic E-state index is 0.0168. The van der Waals surface area contributed by atoms with Gasteiger partial charge in [-0.1, -0.05) is 6.07 Å². The van der Waals surface area contributed by atoms with Crippen molar-refractivity contribution in [3.63, 3.8) is 0 Å². The molecule has 0 radical (unpaired) electrons. The van der Waals surface area contributed by atoms with Crippen molar-refractivity contribution in [2.45, 2.75) is 32.2 Å². The van der Waals surface area contributed by atoms with Crippen LogP contribution in [-0.4, -0.2) is 41.6 Å². The van der Waals surface area contributed by atoms with E-state index >= 15 is 0 Å². The van der Waals surface area contributed by atoms with Gasteiger partial charge in [-0.05, 0) is 53.4 Å². The van der Waals surface area contributed by atoms with Crippen molar-refractivity contribution in [2.24, 2.45) is 5.92 Å². The van der Waals surface area contributed by atoms with E-state index in [4.69, 9.17) is 9.84 Å². The summed E-state index contributed by atoms with van der Waals surface area (Å²) in [6.07, 6.45) is 1.55. The topological polar surface area (TPSA) is 66.8 Å². The lowest BCUT2D eigenvalue weighted by Crippen LogP contribution is -2.37. The summed E-state index contributed by atoms with van der Waals surface area (Å²) < 4.78 is 6.04. The van der Waals surface area contributed by atoms with Crippen molar-refractivity contribution < 1.29 is 19.4 Å². The number of nitrogens with zero attached hydrogens (tertiary/aromatic N) is 1. The molecule has 1 aliphatic rings. The Balaban J connectivity index is 1.93. The molecule has 1 aromatic rings. The summed E-state index contributed by atoms with van der Waals surface area (Å²) in [4.78, 5) is 25.1. The number of amides is 1. The molecule has 1 aromatic carbocycles. The van der Waals surface area contributed by atoms with Gasteiger partial charge in [0.05, 0.1) is 17.5 Å². The molecule has 2 unspecified atom stereocenters. The van der Waals surface area contributed by atoms with Crippen molar-refractivity contribution in [1.82, 2.24) is 4.90 Å². The van der Waals surface area contributed by atoms with Gasteiger partial charge in [-0.3, -0.25) is 9.59 Å². The SMILES string of the molecule is COc1ccc(CCC(=O)N2CCC(C(=O)O)C2C)cc1Br. The highest BCUT2D eigenvalue weighted by molar-refractivity contribution is 9.10. The minimum Gasteiger partial charge on any atom is -0.496 e. The van der Waals surface area contributed by atoms with Gasteiger partial charge >= 0.3 is 5.97 Å². The zero-order valence-electron chi connectivity index (χ0n) is 12.7. The second kappa shape index (κ2) is 7.13. The molecule has 1 heterocycles. The number of halogens is 1. The standard InChI is InChI=1S/C16H20BrNO4/c1-10-12(16(20)21)7-8-18(10)15(19)6-4-11-3-5-14(22-2)13(17)9-11/h3,5,9-10,12H,4,6-8H2,1-2H3,(H,20,21). The molecule has 6 heteroatoms. The van der Waals surface area contributed by atoms with Crippen molar-refractivity contribution in [1.29, 1.82) is 0 Å². The number of hydrogen-bond donors (Lipinski definition) is 1. The molecule has 0 saturated carbocycles. The fourth-order valence-electron chi connectivity index (χ4n) is 2.88. The van der Waals surface area contributed by atoms with Gasteiger partial charge < -0.3 is 14.7 Å². The van der Waals surface area contributed by atoms with E-state index in [1.807, 2.05) is 25.1 Å². The maximum Gasteiger partial charge on any atom is 0.308 e. The summed E-state index contributed by atoms with van der Waals surface area (Å²) >= 11 is 3.43. The molecule has 2 rings (SSSR count). The number of carboxylic acid groups (broad SMARTS) is 1. The number of ether oxygens (including phenoxy) is 1. The van der Waals surface area contributed by atoms with Crippen molar-refractivity contribution in [2.75, 3.05) is 13.7 Å². The van der Waals surface area contributed by atoms with E-state index in [0.29, 0.717) is 25.8 Å². The molecule has 1 fully saturated rings. The van der Waals surface area contributed by atoms with Crippen LogP contribution in [0.1, 0.15) is 25.3 Å². The summed E-state index contributed by atoms with van der Waals surface area (Å²) in [5, 5.41) is 9.12. The Hall–Kier alpha value is -1.56. The van der Waals surface area contributed by atoms with Gasteiger partial charge in [-0.25, -0.2) is 0 Å². The largest absolute Gasteiger partial charge is 0.496 e. The first-order chi connectivity index (χ1) is 10.4. The number of benzene rings is 1. The smallest absolute Gasteiger partial charge is 0.308 e. The molecule has 2 atom stereocenters. The van der Waals surface area contributed by atoms with Gasteiger partial charge in [0, 0.05) is 19.0 Å². The summed E-state index contributed by atoms with van der Waals surface area (Å²) in [6.45, 7) is 2.34.